The van der Waals surface area contributed by atoms with Crippen LogP contribution < -0.4 is 0 Å². The number of benzene rings is 1. The summed E-state index contributed by atoms with van der Waals surface area (Å²) < 4.78 is 19.4. The molecule has 2 saturated heterocycles. The fourth-order valence-electron chi connectivity index (χ4n) is 5.09. The SMILES string of the molecule is CC(=O)N1C[C@H]2CN(C(=O)c3n[nH]c4c3COCC4)C[C@H]2[C@@H]1c1cccc(F)c1. The second-order valence-corrected chi connectivity index (χ2v) is 8.14. The largest absolute Gasteiger partial charge is 0.376 e. The van der Waals surface area contributed by atoms with Crippen molar-refractivity contribution < 1.29 is 18.7 Å². The highest BCUT2D eigenvalue weighted by Gasteiger charge is 2.50. The summed E-state index contributed by atoms with van der Waals surface area (Å²) in [5.74, 6) is -0.193. The summed E-state index contributed by atoms with van der Waals surface area (Å²) in [6.07, 6.45) is 0.732. The summed E-state index contributed by atoms with van der Waals surface area (Å²) in [4.78, 5) is 29.0. The van der Waals surface area contributed by atoms with Crippen LogP contribution in [0.5, 0.6) is 0 Å². The molecule has 1 aromatic carbocycles. The molecule has 2 aromatic rings. The fourth-order valence-corrected chi connectivity index (χ4v) is 5.09. The molecule has 1 aromatic heterocycles. The van der Waals surface area contributed by atoms with Gasteiger partial charge in [0.05, 0.1) is 19.3 Å². The summed E-state index contributed by atoms with van der Waals surface area (Å²) in [6, 6.07) is 6.21. The Morgan fingerprint density at radius 2 is 2.14 bits per heavy atom. The van der Waals surface area contributed by atoms with E-state index >= 15 is 0 Å². The van der Waals surface area contributed by atoms with E-state index in [-0.39, 0.29) is 35.5 Å². The third-order valence-corrected chi connectivity index (χ3v) is 6.44. The molecule has 0 bridgehead atoms. The van der Waals surface area contributed by atoms with Gasteiger partial charge in [0.2, 0.25) is 5.91 Å². The van der Waals surface area contributed by atoms with Gasteiger partial charge in [0.25, 0.3) is 5.91 Å². The normalized spacial score (nSPS) is 25.8. The monoisotopic (exact) mass is 398 g/mol. The van der Waals surface area contributed by atoms with Gasteiger partial charge in [0.15, 0.2) is 5.69 Å². The van der Waals surface area contributed by atoms with Gasteiger partial charge < -0.3 is 14.5 Å². The lowest BCUT2D eigenvalue weighted by Crippen LogP contribution is -2.37. The van der Waals surface area contributed by atoms with Crippen molar-refractivity contribution in [2.75, 3.05) is 26.2 Å². The number of carbonyl (C=O) groups is 2. The van der Waals surface area contributed by atoms with Crippen molar-refractivity contribution in [2.45, 2.75) is 26.0 Å². The van der Waals surface area contributed by atoms with E-state index in [0.717, 1.165) is 23.2 Å². The van der Waals surface area contributed by atoms with Crippen molar-refractivity contribution in [1.82, 2.24) is 20.0 Å². The molecule has 3 aliphatic rings. The van der Waals surface area contributed by atoms with E-state index in [1.165, 1.54) is 12.1 Å². The van der Waals surface area contributed by atoms with Gasteiger partial charge in [0.1, 0.15) is 5.82 Å². The molecule has 4 heterocycles. The number of rotatable bonds is 2. The predicted molar refractivity (Wildman–Crippen MR) is 101 cm³/mol. The van der Waals surface area contributed by atoms with Crippen molar-refractivity contribution in [3.63, 3.8) is 0 Å². The topological polar surface area (TPSA) is 78.5 Å². The maximum Gasteiger partial charge on any atom is 0.274 e. The number of amides is 2. The highest BCUT2D eigenvalue weighted by Crippen LogP contribution is 2.45. The zero-order valence-electron chi connectivity index (χ0n) is 16.2. The average Bonchev–Trinajstić information content (AvgIpc) is 3.39. The van der Waals surface area contributed by atoms with E-state index < -0.39 is 0 Å². The van der Waals surface area contributed by atoms with Crippen molar-refractivity contribution in [3.8, 4) is 0 Å². The minimum atomic E-state index is -0.316. The average molecular weight is 398 g/mol. The van der Waals surface area contributed by atoms with Crippen LogP contribution in [0.25, 0.3) is 0 Å². The van der Waals surface area contributed by atoms with Gasteiger partial charge in [-0.05, 0) is 17.7 Å². The Balaban J connectivity index is 1.41. The Morgan fingerprint density at radius 1 is 1.28 bits per heavy atom. The molecule has 0 aliphatic carbocycles. The van der Waals surface area contributed by atoms with Gasteiger partial charge in [-0.3, -0.25) is 14.7 Å². The third kappa shape index (κ3) is 3.02. The number of aromatic amines is 1. The summed E-state index contributed by atoms with van der Waals surface area (Å²) in [5.41, 5.74) is 3.04. The lowest BCUT2D eigenvalue weighted by atomic mass is 9.89. The van der Waals surface area contributed by atoms with Gasteiger partial charge in [-0.2, -0.15) is 5.10 Å². The number of halogens is 1. The zero-order valence-corrected chi connectivity index (χ0v) is 16.2. The summed E-state index contributed by atoms with van der Waals surface area (Å²) in [5, 5.41) is 7.23. The molecule has 0 radical (unpaired) electrons. The molecule has 152 valence electrons. The molecule has 2 fully saturated rings. The van der Waals surface area contributed by atoms with E-state index in [2.05, 4.69) is 10.2 Å². The minimum absolute atomic E-state index is 0.0231. The van der Waals surface area contributed by atoms with Crippen LogP contribution in [-0.4, -0.2) is 58.1 Å². The molecule has 3 atom stereocenters. The molecule has 0 unspecified atom stereocenters. The van der Waals surface area contributed by atoms with Gasteiger partial charge in [-0.15, -0.1) is 0 Å². The van der Waals surface area contributed by atoms with Gasteiger partial charge in [-0.25, -0.2) is 4.39 Å². The van der Waals surface area contributed by atoms with Crippen LogP contribution in [0.4, 0.5) is 4.39 Å². The van der Waals surface area contributed by atoms with E-state index in [4.69, 9.17) is 4.74 Å². The first-order valence-corrected chi connectivity index (χ1v) is 9.98. The molecule has 7 nitrogen and oxygen atoms in total. The predicted octanol–water partition coefficient (Wildman–Crippen LogP) is 1.91. The standard InChI is InChI=1S/C21H23FN4O3/c1-12(27)26-9-14-8-25(10-16(14)20(26)13-3-2-4-15(22)7-13)21(28)19-17-11-29-6-5-18(17)23-24-19/h2-4,7,14,16,20H,5-6,8-11H2,1H3,(H,23,24)/t14-,16-,20+/m1/s1. The molecule has 29 heavy (non-hydrogen) atoms. The first kappa shape index (κ1) is 18.3. The second kappa shape index (κ2) is 6.95. The van der Waals surface area contributed by atoms with Gasteiger partial charge in [0, 0.05) is 56.1 Å². The Bertz CT molecular complexity index is 975. The van der Waals surface area contributed by atoms with Crippen LogP contribution in [0.3, 0.4) is 0 Å². The van der Waals surface area contributed by atoms with Crippen LogP contribution in [0.15, 0.2) is 24.3 Å². The summed E-state index contributed by atoms with van der Waals surface area (Å²) in [7, 11) is 0. The van der Waals surface area contributed by atoms with Crippen LogP contribution in [0.2, 0.25) is 0 Å². The molecule has 2 amide bonds. The number of hydrogen-bond donors (Lipinski definition) is 1. The molecule has 1 N–H and O–H groups in total. The van der Waals surface area contributed by atoms with Crippen molar-refractivity contribution in [2.24, 2.45) is 11.8 Å². The summed E-state index contributed by atoms with van der Waals surface area (Å²) >= 11 is 0. The number of nitrogens with zero attached hydrogens (tertiary/aromatic N) is 3. The van der Waals surface area contributed by atoms with E-state index in [0.29, 0.717) is 38.5 Å². The molecular formula is C21H23FN4O3. The molecule has 3 aliphatic heterocycles. The number of likely N-dealkylation sites (tertiary alicyclic amines) is 2. The Morgan fingerprint density at radius 3 is 2.93 bits per heavy atom. The Labute approximate surface area is 167 Å². The fraction of sp³-hybridized carbons (Fsp3) is 0.476. The van der Waals surface area contributed by atoms with Gasteiger partial charge >= 0.3 is 0 Å². The maximum absolute atomic E-state index is 13.9. The third-order valence-electron chi connectivity index (χ3n) is 6.44. The van der Waals surface area contributed by atoms with Crippen molar-refractivity contribution in [1.29, 1.82) is 0 Å². The number of hydrogen-bond acceptors (Lipinski definition) is 4. The highest BCUT2D eigenvalue weighted by molar-refractivity contribution is 5.94. The number of H-pyrrole nitrogens is 1. The van der Waals surface area contributed by atoms with Crippen molar-refractivity contribution >= 4 is 11.8 Å². The highest BCUT2D eigenvalue weighted by atomic mass is 19.1. The first-order valence-electron chi connectivity index (χ1n) is 9.98. The zero-order chi connectivity index (χ0) is 20.1. The van der Waals surface area contributed by atoms with Crippen LogP contribution in [0.1, 0.15) is 40.3 Å². The maximum atomic E-state index is 13.9. The lowest BCUT2D eigenvalue weighted by molar-refractivity contribution is -0.130. The first-order chi connectivity index (χ1) is 14.0. The Hall–Kier alpha value is -2.74. The smallest absolute Gasteiger partial charge is 0.274 e. The minimum Gasteiger partial charge on any atom is -0.376 e. The lowest BCUT2D eigenvalue weighted by Gasteiger charge is -2.29. The van der Waals surface area contributed by atoms with Crippen LogP contribution in [0, 0.1) is 17.7 Å². The molecule has 5 rings (SSSR count). The number of fused-ring (bicyclic) bond motifs is 2. The number of carbonyl (C=O) groups excluding carboxylic acids is 2. The molecule has 0 spiro atoms. The number of ether oxygens (including phenoxy) is 1. The summed E-state index contributed by atoms with van der Waals surface area (Å²) in [6.45, 7) is 4.25. The quantitative estimate of drug-likeness (QED) is 0.838. The van der Waals surface area contributed by atoms with E-state index in [1.807, 2.05) is 15.9 Å². The van der Waals surface area contributed by atoms with E-state index in [9.17, 15) is 14.0 Å². The van der Waals surface area contributed by atoms with Gasteiger partial charge in [-0.1, -0.05) is 12.1 Å². The second-order valence-electron chi connectivity index (χ2n) is 8.14. The van der Waals surface area contributed by atoms with Crippen LogP contribution in [-0.2, 0) is 22.6 Å². The molecule has 0 saturated carbocycles. The number of aromatic nitrogens is 2. The van der Waals surface area contributed by atoms with Crippen molar-refractivity contribution in [3.05, 3.63) is 52.6 Å². The number of nitrogens with one attached hydrogen (secondary N) is 1. The molecular weight excluding hydrogens is 375 g/mol. The van der Waals surface area contributed by atoms with E-state index in [1.54, 1.807) is 13.0 Å². The van der Waals surface area contributed by atoms with Crippen LogP contribution >= 0.6 is 0 Å². The Kier molecular flexibility index (Phi) is 4.38. The molecule has 8 heteroatoms.